The molecule has 4 heteroatoms. The summed E-state index contributed by atoms with van der Waals surface area (Å²) in [7, 11) is 1.93. The lowest BCUT2D eigenvalue weighted by Gasteiger charge is -2.21. The summed E-state index contributed by atoms with van der Waals surface area (Å²) in [6.07, 6.45) is 3.77. The molecule has 0 saturated heterocycles. The minimum absolute atomic E-state index is 0.0401. The van der Waals surface area contributed by atoms with Crippen molar-refractivity contribution in [2.45, 2.75) is 58.4 Å². The standard InChI is InChI=1S/C22H32N2O2/c1-16-8-9-17(2)18(14-16)6-5-7-21(26)20-11-10-19(24(20)4)12-13-22(3,23)15-25/h8-11,14,25H,5-7,12-13,15,23H2,1-4H3/t22-/m1/s1. The van der Waals surface area contributed by atoms with Crippen molar-refractivity contribution in [1.82, 2.24) is 4.57 Å². The second-order valence-corrected chi connectivity index (χ2v) is 7.79. The molecule has 0 amide bonds. The Morgan fingerprint density at radius 1 is 1.19 bits per heavy atom. The molecule has 0 aliphatic rings. The van der Waals surface area contributed by atoms with Crippen LogP contribution in [-0.4, -0.2) is 27.6 Å². The van der Waals surface area contributed by atoms with E-state index in [1.165, 1.54) is 16.7 Å². The van der Waals surface area contributed by atoms with Gasteiger partial charge in [0.25, 0.3) is 0 Å². The topological polar surface area (TPSA) is 68.2 Å². The van der Waals surface area contributed by atoms with Gasteiger partial charge in [-0.05, 0) is 69.7 Å². The maximum absolute atomic E-state index is 12.6. The van der Waals surface area contributed by atoms with E-state index in [-0.39, 0.29) is 12.4 Å². The largest absolute Gasteiger partial charge is 0.394 e. The molecule has 1 atom stereocenters. The van der Waals surface area contributed by atoms with Gasteiger partial charge >= 0.3 is 0 Å². The Hall–Kier alpha value is -1.91. The van der Waals surface area contributed by atoms with Crippen LogP contribution in [0, 0.1) is 13.8 Å². The molecular weight excluding hydrogens is 324 g/mol. The number of benzene rings is 1. The third kappa shape index (κ3) is 5.29. The molecule has 4 nitrogen and oxygen atoms in total. The van der Waals surface area contributed by atoms with Crippen LogP contribution in [0.5, 0.6) is 0 Å². The Morgan fingerprint density at radius 3 is 2.62 bits per heavy atom. The average Bonchev–Trinajstić information content (AvgIpc) is 2.97. The number of nitrogens with two attached hydrogens (primary N) is 1. The van der Waals surface area contributed by atoms with Gasteiger partial charge in [-0.2, -0.15) is 0 Å². The van der Waals surface area contributed by atoms with Crippen LogP contribution in [0.2, 0.25) is 0 Å². The highest BCUT2D eigenvalue weighted by atomic mass is 16.3. The van der Waals surface area contributed by atoms with Crippen LogP contribution in [0.3, 0.4) is 0 Å². The molecule has 0 saturated carbocycles. The Labute approximate surface area is 157 Å². The van der Waals surface area contributed by atoms with Crippen LogP contribution < -0.4 is 5.73 Å². The average molecular weight is 357 g/mol. The highest BCUT2D eigenvalue weighted by molar-refractivity contribution is 5.94. The highest BCUT2D eigenvalue weighted by Gasteiger charge is 2.19. The van der Waals surface area contributed by atoms with Crippen molar-refractivity contribution in [2.24, 2.45) is 12.8 Å². The number of hydrogen-bond donors (Lipinski definition) is 2. The van der Waals surface area contributed by atoms with E-state index in [1.54, 1.807) is 0 Å². The normalized spacial score (nSPS) is 13.6. The summed E-state index contributed by atoms with van der Waals surface area (Å²) in [5.74, 6) is 0.182. The number of nitrogens with zero attached hydrogens (tertiary/aromatic N) is 1. The zero-order valence-corrected chi connectivity index (χ0v) is 16.5. The Kier molecular flexibility index (Phi) is 6.79. The Morgan fingerprint density at radius 2 is 1.92 bits per heavy atom. The van der Waals surface area contributed by atoms with E-state index in [1.807, 2.05) is 30.7 Å². The van der Waals surface area contributed by atoms with Gasteiger partial charge in [0.1, 0.15) is 0 Å². The summed E-state index contributed by atoms with van der Waals surface area (Å²) >= 11 is 0. The molecule has 1 heterocycles. The van der Waals surface area contributed by atoms with Gasteiger partial charge in [0.2, 0.25) is 0 Å². The number of aliphatic hydroxyl groups excluding tert-OH is 1. The number of rotatable bonds is 9. The second kappa shape index (κ2) is 8.65. The summed E-state index contributed by atoms with van der Waals surface area (Å²) < 4.78 is 1.97. The number of hydrogen-bond acceptors (Lipinski definition) is 3. The number of aliphatic hydroxyl groups is 1. The highest BCUT2D eigenvalue weighted by Crippen LogP contribution is 2.18. The van der Waals surface area contributed by atoms with Gasteiger partial charge in [-0.15, -0.1) is 0 Å². The first-order valence-electron chi connectivity index (χ1n) is 9.37. The van der Waals surface area contributed by atoms with E-state index in [9.17, 15) is 9.90 Å². The second-order valence-electron chi connectivity index (χ2n) is 7.79. The molecule has 0 radical (unpaired) electrons. The first kappa shape index (κ1) is 20.4. The number of aryl methyl sites for hydroxylation is 4. The molecule has 2 rings (SSSR count). The predicted octanol–water partition coefficient (Wildman–Crippen LogP) is 3.49. The van der Waals surface area contributed by atoms with Crippen molar-refractivity contribution in [2.75, 3.05) is 6.61 Å². The van der Waals surface area contributed by atoms with E-state index in [4.69, 9.17) is 5.73 Å². The van der Waals surface area contributed by atoms with E-state index < -0.39 is 5.54 Å². The molecule has 2 aromatic rings. The van der Waals surface area contributed by atoms with Crippen molar-refractivity contribution >= 4 is 5.78 Å². The minimum atomic E-state index is -0.583. The van der Waals surface area contributed by atoms with Crippen LogP contribution >= 0.6 is 0 Å². The molecule has 0 fully saturated rings. The fourth-order valence-corrected chi connectivity index (χ4v) is 3.21. The number of carbonyl (C=O) groups excluding carboxylic acids is 1. The first-order valence-corrected chi connectivity index (χ1v) is 9.37. The summed E-state index contributed by atoms with van der Waals surface area (Å²) in [6, 6.07) is 10.4. The number of Topliss-reactive ketones (excluding diaryl/α,β-unsaturated/α-hetero) is 1. The monoisotopic (exact) mass is 356 g/mol. The van der Waals surface area contributed by atoms with Gasteiger partial charge in [0.15, 0.2) is 5.78 Å². The smallest absolute Gasteiger partial charge is 0.179 e. The third-order valence-corrected chi connectivity index (χ3v) is 5.18. The zero-order chi connectivity index (χ0) is 19.3. The summed E-state index contributed by atoms with van der Waals surface area (Å²) in [6.45, 7) is 6.03. The van der Waals surface area contributed by atoms with Crippen LogP contribution in [-0.2, 0) is 19.9 Å². The van der Waals surface area contributed by atoms with Crippen LogP contribution in [0.1, 0.15) is 59.1 Å². The first-order chi connectivity index (χ1) is 12.2. The summed E-state index contributed by atoms with van der Waals surface area (Å²) in [5.41, 5.74) is 11.1. The van der Waals surface area contributed by atoms with E-state index >= 15 is 0 Å². The third-order valence-electron chi connectivity index (χ3n) is 5.18. The Balaban J connectivity index is 1.92. The van der Waals surface area contributed by atoms with Gasteiger partial charge in [0.05, 0.1) is 12.3 Å². The predicted molar refractivity (Wildman–Crippen MR) is 107 cm³/mol. The molecular formula is C22H32N2O2. The van der Waals surface area contributed by atoms with Gasteiger partial charge in [-0.25, -0.2) is 0 Å². The lowest BCUT2D eigenvalue weighted by molar-refractivity contribution is 0.0972. The summed E-state index contributed by atoms with van der Waals surface area (Å²) in [5, 5.41) is 9.28. The van der Waals surface area contributed by atoms with Crippen molar-refractivity contribution in [3.05, 3.63) is 58.4 Å². The SMILES string of the molecule is Cc1ccc(C)c(CCCC(=O)c2ccc(CC[C@@](C)(N)CO)n2C)c1. The van der Waals surface area contributed by atoms with E-state index in [0.717, 1.165) is 30.7 Å². The van der Waals surface area contributed by atoms with Gasteiger partial charge in [-0.1, -0.05) is 23.8 Å². The fourth-order valence-electron chi connectivity index (χ4n) is 3.21. The van der Waals surface area contributed by atoms with Crippen molar-refractivity contribution in [3.8, 4) is 0 Å². The van der Waals surface area contributed by atoms with Crippen LogP contribution in [0.15, 0.2) is 30.3 Å². The van der Waals surface area contributed by atoms with Gasteiger partial charge < -0.3 is 15.4 Å². The minimum Gasteiger partial charge on any atom is -0.394 e. The van der Waals surface area contributed by atoms with Gasteiger partial charge in [-0.3, -0.25) is 4.79 Å². The van der Waals surface area contributed by atoms with Crippen LogP contribution in [0.25, 0.3) is 0 Å². The molecule has 142 valence electrons. The molecule has 1 aromatic carbocycles. The lowest BCUT2D eigenvalue weighted by atomic mass is 9.97. The molecule has 0 unspecified atom stereocenters. The lowest BCUT2D eigenvalue weighted by Crippen LogP contribution is -2.40. The molecule has 1 aromatic heterocycles. The molecule has 26 heavy (non-hydrogen) atoms. The molecule has 0 bridgehead atoms. The Bertz CT molecular complexity index is 759. The molecule has 0 spiro atoms. The fraction of sp³-hybridized carbons (Fsp3) is 0.500. The maximum atomic E-state index is 12.6. The number of aromatic nitrogens is 1. The van der Waals surface area contributed by atoms with Crippen LogP contribution in [0.4, 0.5) is 0 Å². The maximum Gasteiger partial charge on any atom is 0.179 e. The van der Waals surface area contributed by atoms with Crippen molar-refractivity contribution in [1.29, 1.82) is 0 Å². The quantitative estimate of drug-likeness (QED) is 0.676. The number of carbonyl (C=O) groups is 1. The van der Waals surface area contributed by atoms with E-state index in [2.05, 4.69) is 32.0 Å². The zero-order valence-electron chi connectivity index (χ0n) is 16.5. The number of ketones is 1. The van der Waals surface area contributed by atoms with E-state index in [0.29, 0.717) is 12.8 Å². The van der Waals surface area contributed by atoms with Crippen molar-refractivity contribution < 1.29 is 9.90 Å². The summed E-state index contributed by atoms with van der Waals surface area (Å²) in [4.78, 5) is 12.6. The molecule has 0 aliphatic heterocycles. The van der Waals surface area contributed by atoms with Gasteiger partial charge in [0, 0.05) is 24.7 Å². The van der Waals surface area contributed by atoms with Crippen molar-refractivity contribution in [3.63, 3.8) is 0 Å². The molecule has 3 N–H and O–H groups in total. The molecule has 0 aliphatic carbocycles.